The molecule has 4 heteroatoms. The number of nitrogens with two attached hydrogens (primary N) is 1. The van der Waals surface area contributed by atoms with Crippen molar-refractivity contribution in [2.45, 2.75) is 44.0 Å². The summed E-state index contributed by atoms with van der Waals surface area (Å²) in [5, 5.41) is 0.719. The van der Waals surface area contributed by atoms with Crippen molar-refractivity contribution < 1.29 is 9.47 Å². The van der Waals surface area contributed by atoms with E-state index in [-0.39, 0.29) is 12.2 Å². The molecule has 0 amide bonds. The summed E-state index contributed by atoms with van der Waals surface area (Å²) in [6.45, 7) is 0.442. The number of benzene rings is 1. The maximum absolute atomic E-state index is 6.21. The second-order valence-corrected chi connectivity index (χ2v) is 5.44. The van der Waals surface area contributed by atoms with Gasteiger partial charge in [-0.1, -0.05) is 29.8 Å². The lowest BCUT2D eigenvalue weighted by atomic mass is 9.94. The minimum atomic E-state index is -0.130. The van der Waals surface area contributed by atoms with Gasteiger partial charge < -0.3 is 15.2 Å². The van der Waals surface area contributed by atoms with E-state index in [1.807, 2.05) is 24.3 Å². The smallest absolute Gasteiger partial charge is 0.0965 e. The summed E-state index contributed by atoms with van der Waals surface area (Å²) < 4.78 is 11.6. The molecule has 0 heterocycles. The molecule has 3 nitrogen and oxygen atoms in total. The molecule has 0 aromatic heterocycles. The Morgan fingerprint density at radius 3 is 2.74 bits per heavy atom. The Labute approximate surface area is 120 Å². The van der Waals surface area contributed by atoms with Crippen LogP contribution in [0.25, 0.3) is 0 Å². The van der Waals surface area contributed by atoms with Crippen molar-refractivity contribution in [2.75, 3.05) is 13.7 Å². The summed E-state index contributed by atoms with van der Waals surface area (Å²) in [7, 11) is 1.77. The lowest BCUT2D eigenvalue weighted by Gasteiger charge is -2.31. The van der Waals surface area contributed by atoms with E-state index in [0.717, 1.165) is 36.3 Å². The molecular formula is C15H22ClNO2. The first-order chi connectivity index (χ1) is 9.24. The second-order valence-electron chi connectivity index (χ2n) is 5.03. The molecule has 2 rings (SSSR count). The van der Waals surface area contributed by atoms with E-state index in [4.69, 9.17) is 26.8 Å². The summed E-state index contributed by atoms with van der Waals surface area (Å²) in [6.07, 6.45) is 4.66. The monoisotopic (exact) mass is 283 g/mol. The maximum Gasteiger partial charge on any atom is 0.0965 e. The van der Waals surface area contributed by atoms with Gasteiger partial charge in [-0.2, -0.15) is 0 Å². The Morgan fingerprint density at radius 1 is 1.32 bits per heavy atom. The van der Waals surface area contributed by atoms with Gasteiger partial charge in [0.25, 0.3) is 0 Å². The molecule has 1 aromatic carbocycles. The zero-order valence-electron chi connectivity index (χ0n) is 11.3. The average molecular weight is 284 g/mol. The van der Waals surface area contributed by atoms with Crippen LogP contribution in [0.3, 0.4) is 0 Å². The fourth-order valence-electron chi connectivity index (χ4n) is 2.66. The summed E-state index contributed by atoms with van der Waals surface area (Å²) in [6, 6.07) is 7.74. The van der Waals surface area contributed by atoms with Crippen molar-refractivity contribution >= 4 is 11.6 Å². The predicted molar refractivity (Wildman–Crippen MR) is 77.4 cm³/mol. The molecule has 0 aliphatic heterocycles. The van der Waals surface area contributed by atoms with Crippen LogP contribution in [0.5, 0.6) is 0 Å². The normalized spacial score (nSPS) is 25.2. The third-order valence-corrected chi connectivity index (χ3v) is 4.08. The molecule has 2 N–H and O–H groups in total. The van der Waals surface area contributed by atoms with E-state index in [9.17, 15) is 0 Å². The topological polar surface area (TPSA) is 44.5 Å². The standard InChI is InChI=1S/C15H22ClNO2/c1-18-11-5-4-6-12(9-11)19-15(10-17)13-7-2-3-8-14(13)16/h2-3,7-8,11-12,15H,4-6,9-10,17H2,1H3. The van der Waals surface area contributed by atoms with E-state index in [2.05, 4.69) is 0 Å². The van der Waals surface area contributed by atoms with Crippen molar-refractivity contribution in [1.82, 2.24) is 0 Å². The van der Waals surface area contributed by atoms with Crippen LogP contribution in [0.4, 0.5) is 0 Å². The molecule has 0 saturated heterocycles. The Kier molecular flexibility index (Phi) is 5.64. The zero-order chi connectivity index (χ0) is 13.7. The van der Waals surface area contributed by atoms with E-state index in [0.29, 0.717) is 12.6 Å². The molecule has 0 spiro atoms. The first-order valence-corrected chi connectivity index (χ1v) is 7.25. The average Bonchev–Trinajstić information content (AvgIpc) is 2.46. The highest BCUT2D eigenvalue weighted by Crippen LogP contribution is 2.30. The second kappa shape index (κ2) is 7.25. The molecule has 106 valence electrons. The maximum atomic E-state index is 6.21. The summed E-state index contributed by atoms with van der Waals surface area (Å²) >= 11 is 6.21. The van der Waals surface area contributed by atoms with E-state index in [1.165, 1.54) is 0 Å². The van der Waals surface area contributed by atoms with Gasteiger partial charge in [-0.3, -0.25) is 0 Å². The predicted octanol–water partition coefficient (Wildman–Crippen LogP) is 3.31. The zero-order valence-corrected chi connectivity index (χ0v) is 12.1. The van der Waals surface area contributed by atoms with Crippen molar-refractivity contribution in [2.24, 2.45) is 5.73 Å². The van der Waals surface area contributed by atoms with Crippen LogP contribution in [0, 0.1) is 0 Å². The number of halogens is 1. The quantitative estimate of drug-likeness (QED) is 0.902. The molecular weight excluding hydrogens is 262 g/mol. The van der Waals surface area contributed by atoms with Crippen LogP contribution in [0.2, 0.25) is 5.02 Å². The molecule has 1 fully saturated rings. The summed E-state index contributed by atoms with van der Waals surface area (Å²) in [5.41, 5.74) is 6.82. The highest BCUT2D eigenvalue weighted by atomic mass is 35.5. The van der Waals surface area contributed by atoms with Crippen LogP contribution in [0.15, 0.2) is 24.3 Å². The van der Waals surface area contributed by atoms with Crippen molar-refractivity contribution in [3.8, 4) is 0 Å². The van der Waals surface area contributed by atoms with Crippen LogP contribution in [0.1, 0.15) is 37.4 Å². The van der Waals surface area contributed by atoms with Gasteiger partial charge in [-0.05, 0) is 31.7 Å². The van der Waals surface area contributed by atoms with E-state index < -0.39 is 0 Å². The molecule has 1 aliphatic carbocycles. The highest BCUT2D eigenvalue weighted by molar-refractivity contribution is 6.31. The van der Waals surface area contributed by atoms with Gasteiger partial charge in [-0.15, -0.1) is 0 Å². The molecule has 3 unspecified atom stereocenters. The number of hydrogen-bond donors (Lipinski definition) is 1. The molecule has 0 radical (unpaired) electrons. The van der Waals surface area contributed by atoms with Crippen molar-refractivity contribution in [1.29, 1.82) is 0 Å². The summed E-state index contributed by atoms with van der Waals surface area (Å²) in [5.74, 6) is 0. The molecule has 1 saturated carbocycles. The molecule has 19 heavy (non-hydrogen) atoms. The first-order valence-electron chi connectivity index (χ1n) is 6.87. The van der Waals surface area contributed by atoms with Crippen LogP contribution < -0.4 is 5.73 Å². The molecule has 1 aromatic rings. The van der Waals surface area contributed by atoms with Gasteiger partial charge in [0.2, 0.25) is 0 Å². The van der Waals surface area contributed by atoms with Crippen molar-refractivity contribution in [3.05, 3.63) is 34.9 Å². The third kappa shape index (κ3) is 3.93. The number of hydrogen-bond acceptors (Lipinski definition) is 3. The fourth-order valence-corrected chi connectivity index (χ4v) is 2.92. The Bertz CT molecular complexity index is 399. The molecule has 3 atom stereocenters. The first kappa shape index (κ1) is 14.8. The minimum absolute atomic E-state index is 0.130. The van der Waals surface area contributed by atoms with Gasteiger partial charge >= 0.3 is 0 Å². The summed E-state index contributed by atoms with van der Waals surface area (Å²) in [4.78, 5) is 0. The van der Waals surface area contributed by atoms with Gasteiger partial charge in [0, 0.05) is 24.2 Å². The number of rotatable bonds is 5. The van der Waals surface area contributed by atoms with Crippen molar-refractivity contribution in [3.63, 3.8) is 0 Å². The van der Waals surface area contributed by atoms with Crippen LogP contribution in [-0.4, -0.2) is 25.9 Å². The van der Waals surface area contributed by atoms with E-state index >= 15 is 0 Å². The highest BCUT2D eigenvalue weighted by Gasteiger charge is 2.25. The lowest BCUT2D eigenvalue weighted by molar-refractivity contribution is -0.0632. The Morgan fingerprint density at radius 2 is 2.05 bits per heavy atom. The largest absolute Gasteiger partial charge is 0.381 e. The van der Waals surface area contributed by atoms with Gasteiger partial charge in [-0.25, -0.2) is 0 Å². The molecule has 0 bridgehead atoms. The molecule has 1 aliphatic rings. The van der Waals surface area contributed by atoms with Crippen LogP contribution >= 0.6 is 11.6 Å². The van der Waals surface area contributed by atoms with Gasteiger partial charge in [0.15, 0.2) is 0 Å². The SMILES string of the molecule is COC1CCCC(OC(CN)c2ccccc2Cl)C1. The van der Waals surface area contributed by atoms with Crippen LogP contribution in [-0.2, 0) is 9.47 Å². The van der Waals surface area contributed by atoms with E-state index in [1.54, 1.807) is 7.11 Å². The number of methoxy groups -OCH3 is 1. The third-order valence-electron chi connectivity index (χ3n) is 3.73. The fraction of sp³-hybridized carbons (Fsp3) is 0.600. The van der Waals surface area contributed by atoms with Gasteiger partial charge in [0.1, 0.15) is 0 Å². The Hall–Kier alpha value is -0.610. The lowest BCUT2D eigenvalue weighted by Crippen LogP contribution is -2.30. The van der Waals surface area contributed by atoms with Gasteiger partial charge in [0.05, 0.1) is 18.3 Å². The number of ether oxygens (including phenoxy) is 2. The Balaban J connectivity index is 2.01. The minimum Gasteiger partial charge on any atom is -0.381 e.